The predicted octanol–water partition coefficient (Wildman–Crippen LogP) is 1.66. The molecular weight excluding hydrogens is 368 g/mol. The van der Waals surface area contributed by atoms with E-state index in [9.17, 15) is 13.2 Å². The number of benzene rings is 1. The molecule has 146 valence electrons. The second kappa shape index (κ2) is 8.18. The fraction of sp³-hybridized carbons (Fsp3) is 0.500. The number of hydrogen-bond donors (Lipinski definition) is 1. The van der Waals surface area contributed by atoms with Gasteiger partial charge in [0.15, 0.2) is 5.82 Å². The number of aromatic nitrogens is 2. The molecule has 9 heteroatoms. The number of sulfonamides is 1. The molecule has 1 N–H and O–H groups in total. The van der Waals surface area contributed by atoms with Crippen molar-refractivity contribution in [3.05, 3.63) is 41.5 Å². The molecule has 27 heavy (non-hydrogen) atoms. The van der Waals surface area contributed by atoms with Gasteiger partial charge in [0.2, 0.25) is 21.8 Å². The quantitative estimate of drug-likeness (QED) is 0.801. The maximum Gasteiger partial charge on any atom is 0.246 e. The van der Waals surface area contributed by atoms with E-state index >= 15 is 0 Å². The molecule has 1 aliphatic heterocycles. The number of nitrogens with one attached hydrogen (secondary N) is 1. The summed E-state index contributed by atoms with van der Waals surface area (Å²) in [6.07, 6.45) is 1.84. The average Bonchev–Trinajstić information content (AvgIpc) is 3.11. The molecule has 0 atom stereocenters. The van der Waals surface area contributed by atoms with E-state index < -0.39 is 10.0 Å². The highest BCUT2D eigenvalue weighted by molar-refractivity contribution is 7.89. The largest absolute Gasteiger partial charge is 0.347 e. The number of nitrogens with zero attached hydrogens (tertiary/aromatic N) is 3. The van der Waals surface area contributed by atoms with E-state index in [0.717, 1.165) is 12.0 Å². The average molecular weight is 392 g/mol. The van der Waals surface area contributed by atoms with E-state index in [4.69, 9.17) is 4.52 Å². The van der Waals surface area contributed by atoms with Gasteiger partial charge in [0, 0.05) is 19.0 Å². The molecule has 0 aliphatic carbocycles. The molecule has 1 aromatic heterocycles. The zero-order valence-electron chi connectivity index (χ0n) is 15.5. The van der Waals surface area contributed by atoms with Gasteiger partial charge < -0.3 is 9.84 Å². The van der Waals surface area contributed by atoms with Crippen molar-refractivity contribution >= 4 is 15.9 Å². The van der Waals surface area contributed by atoms with Gasteiger partial charge in [-0.2, -0.15) is 9.29 Å². The van der Waals surface area contributed by atoms with Crippen LogP contribution in [0, 0.1) is 12.8 Å². The summed E-state index contributed by atoms with van der Waals surface area (Å²) in [4.78, 5) is 16.6. The van der Waals surface area contributed by atoms with Gasteiger partial charge in [0.05, 0.1) is 11.4 Å². The number of carbonyl (C=O) groups excluding carboxylic acids is 1. The molecule has 1 amide bonds. The fourth-order valence-corrected chi connectivity index (χ4v) is 4.59. The Balaban J connectivity index is 1.54. The molecule has 0 saturated carbocycles. The van der Waals surface area contributed by atoms with E-state index in [2.05, 4.69) is 15.5 Å². The number of amides is 1. The van der Waals surface area contributed by atoms with Crippen molar-refractivity contribution in [2.24, 2.45) is 5.92 Å². The Bertz CT molecular complexity index is 884. The Morgan fingerprint density at radius 1 is 1.26 bits per heavy atom. The fourth-order valence-electron chi connectivity index (χ4n) is 3.12. The number of piperidine rings is 1. The van der Waals surface area contributed by atoms with Gasteiger partial charge in [-0.25, -0.2) is 8.42 Å². The van der Waals surface area contributed by atoms with Gasteiger partial charge in [-0.1, -0.05) is 24.2 Å². The Labute approximate surface area is 159 Å². The van der Waals surface area contributed by atoms with Crippen molar-refractivity contribution in [2.45, 2.75) is 44.6 Å². The summed E-state index contributed by atoms with van der Waals surface area (Å²) in [5.74, 6) is 0.541. The van der Waals surface area contributed by atoms with E-state index in [0.29, 0.717) is 42.5 Å². The van der Waals surface area contributed by atoms with Gasteiger partial charge in [-0.05, 0) is 43.9 Å². The third-order valence-corrected chi connectivity index (χ3v) is 6.69. The molecule has 1 saturated heterocycles. The minimum Gasteiger partial charge on any atom is -0.347 e. The van der Waals surface area contributed by atoms with E-state index in [1.54, 1.807) is 19.1 Å². The highest BCUT2D eigenvalue weighted by Crippen LogP contribution is 2.24. The summed E-state index contributed by atoms with van der Waals surface area (Å²) in [5.41, 5.74) is 1.10. The Kier molecular flexibility index (Phi) is 5.91. The monoisotopic (exact) mass is 392 g/mol. The maximum absolute atomic E-state index is 12.8. The summed E-state index contributed by atoms with van der Waals surface area (Å²) in [7, 11) is -3.52. The van der Waals surface area contributed by atoms with Crippen LogP contribution in [0.15, 0.2) is 33.7 Å². The second-order valence-electron chi connectivity index (χ2n) is 6.63. The second-order valence-corrected chi connectivity index (χ2v) is 8.57. The number of rotatable bonds is 6. The first kappa shape index (κ1) is 19.5. The summed E-state index contributed by atoms with van der Waals surface area (Å²) in [5, 5.41) is 6.45. The van der Waals surface area contributed by atoms with Crippen LogP contribution in [0.25, 0.3) is 0 Å². The van der Waals surface area contributed by atoms with Crippen LogP contribution in [-0.2, 0) is 27.8 Å². The third kappa shape index (κ3) is 4.54. The Morgan fingerprint density at radius 3 is 2.48 bits per heavy atom. The summed E-state index contributed by atoms with van der Waals surface area (Å²) in [6.45, 7) is 4.58. The molecule has 0 radical (unpaired) electrons. The molecule has 2 aromatic rings. The predicted molar refractivity (Wildman–Crippen MR) is 98.2 cm³/mol. The molecule has 8 nitrogen and oxygen atoms in total. The molecule has 1 aliphatic rings. The van der Waals surface area contributed by atoms with Crippen molar-refractivity contribution in [2.75, 3.05) is 13.1 Å². The number of aryl methyl sites for hydroxylation is 2. The van der Waals surface area contributed by atoms with Crippen LogP contribution in [0.4, 0.5) is 0 Å². The molecule has 0 unspecified atom stereocenters. The van der Waals surface area contributed by atoms with Crippen LogP contribution in [0.3, 0.4) is 0 Å². The van der Waals surface area contributed by atoms with Gasteiger partial charge in [-0.3, -0.25) is 4.79 Å². The van der Waals surface area contributed by atoms with Crippen LogP contribution in [0.1, 0.15) is 37.0 Å². The molecule has 3 rings (SSSR count). The lowest BCUT2D eigenvalue weighted by atomic mass is 9.97. The maximum atomic E-state index is 12.8. The summed E-state index contributed by atoms with van der Waals surface area (Å²) >= 11 is 0. The highest BCUT2D eigenvalue weighted by Gasteiger charge is 2.32. The van der Waals surface area contributed by atoms with E-state index in [-0.39, 0.29) is 18.4 Å². The van der Waals surface area contributed by atoms with Gasteiger partial charge >= 0.3 is 0 Å². The van der Waals surface area contributed by atoms with Crippen LogP contribution in [-0.4, -0.2) is 41.9 Å². The van der Waals surface area contributed by atoms with Crippen LogP contribution in [0.5, 0.6) is 0 Å². The van der Waals surface area contributed by atoms with Crippen molar-refractivity contribution in [3.8, 4) is 0 Å². The molecule has 1 aromatic carbocycles. The topological polar surface area (TPSA) is 105 Å². The van der Waals surface area contributed by atoms with Crippen molar-refractivity contribution in [1.29, 1.82) is 0 Å². The molecule has 1 fully saturated rings. The lowest BCUT2D eigenvalue weighted by Gasteiger charge is -2.30. The Hall–Kier alpha value is -2.26. The Morgan fingerprint density at radius 2 is 1.93 bits per heavy atom. The van der Waals surface area contributed by atoms with E-state index in [1.807, 2.05) is 19.1 Å². The van der Waals surface area contributed by atoms with Gasteiger partial charge in [0.1, 0.15) is 0 Å². The molecule has 2 heterocycles. The zero-order valence-corrected chi connectivity index (χ0v) is 16.3. The number of carbonyl (C=O) groups is 1. The van der Waals surface area contributed by atoms with Crippen molar-refractivity contribution in [1.82, 2.24) is 19.8 Å². The minimum atomic E-state index is -3.52. The first-order valence-electron chi connectivity index (χ1n) is 9.06. The highest BCUT2D eigenvalue weighted by atomic mass is 32.2. The first-order valence-corrected chi connectivity index (χ1v) is 10.5. The summed E-state index contributed by atoms with van der Waals surface area (Å²) in [6, 6.07) is 6.98. The smallest absolute Gasteiger partial charge is 0.246 e. The van der Waals surface area contributed by atoms with Crippen molar-refractivity contribution < 1.29 is 17.7 Å². The first-order chi connectivity index (χ1) is 12.9. The summed E-state index contributed by atoms with van der Waals surface area (Å²) < 4.78 is 32.0. The number of hydrogen-bond acceptors (Lipinski definition) is 6. The van der Waals surface area contributed by atoms with Crippen LogP contribution in [0.2, 0.25) is 0 Å². The third-order valence-electron chi connectivity index (χ3n) is 4.78. The standard InChI is InChI=1S/C18H24N4O4S/c1-3-14-4-6-16(7-5-14)27(24,25)22-10-8-15(9-11-22)18(23)19-12-17-20-13(2)21-26-17/h4-7,15H,3,8-12H2,1-2H3,(H,19,23). The van der Waals surface area contributed by atoms with Crippen molar-refractivity contribution in [3.63, 3.8) is 0 Å². The van der Waals surface area contributed by atoms with Crippen LogP contribution >= 0.6 is 0 Å². The van der Waals surface area contributed by atoms with E-state index in [1.165, 1.54) is 4.31 Å². The lowest BCUT2D eigenvalue weighted by Crippen LogP contribution is -2.42. The molecular formula is C18H24N4O4S. The van der Waals surface area contributed by atoms with Crippen LogP contribution < -0.4 is 5.32 Å². The normalized spacial score (nSPS) is 16.4. The molecule has 0 spiro atoms. The molecule has 0 bridgehead atoms. The van der Waals surface area contributed by atoms with Gasteiger partial charge in [0.25, 0.3) is 0 Å². The minimum absolute atomic E-state index is 0.116. The lowest BCUT2D eigenvalue weighted by molar-refractivity contribution is -0.126. The zero-order chi connectivity index (χ0) is 19.4. The van der Waals surface area contributed by atoms with Gasteiger partial charge in [-0.15, -0.1) is 0 Å². The SMILES string of the molecule is CCc1ccc(S(=O)(=O)N2CCC(C(=O)NCc3nc(C)no3)CC2)cc1.